The predicted octanol–water partition coefficient (Wildman–Crippen LogP) is 2.58. The molecule has 26 heavy (non-hydrogen) atoms. The molecule has 7 heteroatoms. The normalized spacial score (nSPS) is 12.5. The fourth-order valence-electron chi connectivity index (χ4n) is 3.30. The van der Waals surface area contributed by atoms with Crippen molar-refractivity contribution in [2.75, 3.05) is 23.8 Å². The van der Waals surface area contributed by atoms with Gasteiger partial charge in [0.2, 0.25) is 0 Å². The van der Waals surface area contributed by atoms with E-state index in [9.17, 15) is 9.59 Å². The van der Waals surface area contributed by atoms with Crippen LogP contribution in [-0.4, -0.2) is 23.7 Å². The summed E-state index contributed by atoms with van der Waals surface area (Å²) in [6.07, 6.45) is 0.831. The maximum atomic E-state index is 12.7. The van der Waals surface area contributed by atoms with Crippen LogP contribution in [0.1, 0.15) is 39.8 Å². The van der Waals surface area contributed by atoms with Gasteiger partial charge in [0.25, 0.3) is 5.91 Å². The molecule has 0 atom stereocenters. The molecule has 3 rings (SSSR count). The lowest BCUT2D eigenvalue weighted by Gasteiger charge is -2.16. The monoisotopic (exact) mass is 374 g/mol. The van der Waals surface area contributed by atoms with Crippen molar-refractivity contribution in [2.45, 2.75) is 33.7 Å². The highest BCUT2D eigenvalue weighted by atomic mass is 35.5. The number of amides is 1. The van der Waals surface area contributed by atoms with Crippen LogP contribution in [0.3, 0.4) is 0 Å². The Hall–Kier alpha value is -2.47. The Morgan fingerprint density at radius 2 is 2.08 bits per heavy atom. The van der Waals surface area contributed by atoms with E-state index >= 15 is 0 Å². The first-order valence-electron chi connectivity index (χ1n) is 8.72. The minimum Gasteiger partial charge on any atom is -0.385 e. The number of aromatic nitrogens is 1. The number of carbonyl (C=O) groups excluding carboxylic acids is 1. The Bertz CT molecular complexity index is 921. The largest absolute Gasteiger partial charge is 0.385 e. The van der Waals surface area contributed by atoms with Crippen molar-refractivity contribution in [2.24, 2.45) is 0 Å². The summed E-state index contributed by atoms with van der Waals surface area (Å²) in [5.74, 6) is -0.249. The molecule has 138 valence electrons. The zero-order valence-corrected chi connectivity index (χ0v) is 16.0. The maximum Gasteiger partial charge on any atom is 0.251 e. The van der Waals surface area contributed by atoms with Crippen LogP contribution >= 0.6 is 11.6 Å². The summed E-state index contributed by atoms with van der Waals surface area (Å²) in [4.78, 5) is 25.1. The van der Waals surface area contributed by atoms with Crippen LogP contribution in [0.25, 0.3) is 0 Å². The second-order valence-corrected chi connectivity index (χ2v) is 6.83. The standard InChI is InChI=1S/C19H23ClN4O2/c1-4-21-17-8-13(20)7-15(11(17)2)19(26)22-10-16-12(3)24-14(5-6-23-24)9-18(16)25/h7-9,21,23H,4-6,10H2,1-3H3,(H,22,26). The number of pyridine rings is 1. The number of halogens is 1. The number of nitrogens with one attached hydrogen (secondary N) is 3. The minimum atomic E-state index is -0.249. The number of rotatable bonds is 5. The van der Waals surface area contributed by atoms with E-state index in [1.807, 2.05) is 25.4 Å². The van der Waals surface area contributed by atoms with E-state index in [0.717, 1.165) is 42.1 Å². The summed E-state index contributed by atoms with van der Waals surface area (Å²) in [6.45, 7) is 7.47. The number of carbonyl (C=O) groups is 1. The highest BCUT2D eigenvalue weighted by Gasteiger charge is 2.18. The van der Waals surface area contributed by atoms with Gasteiger partial charge in [-0.05, 0) is 38.5 Å². The number of hydrogen-bond donors (Lipinski definition) is 3. The second-order valence-electron chi connectivity index (χ2n) is 6.40. The quantitative estimate of drug-likeness (QED) is 0.752. The number of hydrogen-bond acceptors (Lipinski definition) is 4. The second kappa shape index (κ2) is 7.41. The zero-order chi connectivity index (χ0) is 18.8. The van der Waals surface area contributed by atoms with E-state index in [0.29, 0.717) is 16.1 Å². The third kappa shape index (κ3) is 3.42. The smallest absolute Gasteiger partial charge is 0.251 e. The third-order valence-corrected chi connectivity index (χ3v) is 4.93. The third-order valence-electron chi connectivity index (χ3n) is 4.72. The van der Waals surface area contributed by atoms with Crippen LogP contribution in [0.15, 0.2) is 23.0 Å². The van der Waals surface area contributed by atoms with Gasteiger partial charge in [-0.2, -0.15) is 0 Å². The molecular weight excluding hydrogens is 352 g/mol. The van der Waals surface area contributed by atoms with Gasteiger partial charge in [0.1, 0.15) is 0 Å². The molecule has 0 bridgehead atoms. The molecule has 0 aliphatic carbocycles. The first kappa shape index (κ1) is 18.3. The van der Waals surface area contributed by atoms with Gasteiger partial charge in [-0.1, -0.05) is 11.6 Å². The molecule has 0 fully saturated rings. The maximum absolute atomic E-state index is 12.7. The summed E-state index contributed by atoms with van der Waals surface area (Å²) in [6, 6.07) is 5.10. The van der Waals surface area contributed by atoms with Crippen LogP contribution in [0.5, 0.6) is 0 Å². The van der Waals surface area contributed by atoms with Crippen molar-refractivity contribution < 1.29 is 4.79 Å². The molecule has 2 aromatic rings. The van der Waals surface area contributed by atoms with Crippen LogP contribution < -0.4 is 21.5 Å². The number of benzene rings is 1. The molecule has 1 aromatic carbocycles. The minimum absolute atomic E-state index is 0.0473. The van der Waals surface area contributed by atoms with Crippen molar-refractivity contribution >= 4 is 23.2 Å². The van der Waals surface area contributed by atoms with Gasteiger partial charge in [-0.3, -0.25) is 14.3 Å². The van der Waals surface area contributed by atoms with Gasteiger partial charge in [-0.15, -0.1) is 0 Å². The Labute approximate surface area is 157 Å². The fraction of sp³-hybridized carbons (Fsp3) is 0.368. The van der Waals surface area contributed by atoms with Crippen molar-refractivity contribution in [3.8, 4) is 0 Å². The van der Waals surface area contributed by atoms with E-state index in [2.05, 4.69) is 16.1 Å². The van der Waals surface area contributed by atoms with Gasteiger partial charge in [0.05, 0.1) is 0 Å². The molecule has 1 aliphatic rings. The van der Waals surface area contributed by atoms with Gasteiger partial charge in [0, 0.05) is 65.3 Å². The molecule has 1 amide bonds. The molecule has 0 spiro atoms. The topological polar surface area (TPSA) is 75.2 Å². The Morgan fingerprint density at radius 3 is 2.81 bits per heavy atom. The summed E-state index contributed by atoms with van der Waals surface area (Å²) in [5.41, 5.74) is 7.75. The summed E-state index contributed by atoms with van der Waals surface area (Å²) in [5, 5.41) is 6.56. The number of anilines is 1. The average Bonchev–Trinajstić information content (AvgIpc) is 3.06. The lowest BCUT2D eigenvalue weighted by molar-refractivity contribution is 0.0950. The van der Waals surface area contributed by atoms with E-state index in [-0.39, 0.29) is 17.9 Å². The molecule has 0 radical (unpaired) electrons. The molecule has 0 saturated carbocycles. The SMILES string of the molecule is CCNc1cc(Cl)cc(C(=O)NCc2c(C)n3c(cc2=O)CCN3)c1C. The van der Waals surface area contributed by atoms with Crippen molar-refractivity contribution in [1.82, 2.24) is 9.99 Å². The first-order chi connectivity index (χ1) is 12.4. The predicted molar refractivity (Wildman–Crippen MR) is 105 cm³/mol. The van der Waals surface area contributed by atoms with E-state index in [4.69, 9.17) is 11.6 Å². The van der Waals surface area contributed by atoms with Crippen molar-refractivity contribution in [1.29, 1.82) is 0 Å². The highest BCUT2D eigenvalue weighted by molar-refractivity contribution is 6.31. The highest BCUT2D eigenvalue weighted by Crippen LogP contribution is 2.25. The molecule has 2 heterocycles. The Balaban J connectivity index is 1.84. The van der Waals surface area contributed by atoms with Crippen LogP contribution in [-0.2, 0) is 13.0 Å². The Kier molecular flexibility index (Phi) is 5.23. The van der Waals surface area contributed by atoms with Crippen LogP contribution in [0.2, 0.25) is 5.02 Å². The average molecular weight is 375 g/mol. The fourth-order valence-corrected chi connectivity index (χ4v) is 3.52. The van der Waals surface area contributed by atoms with Gasteiger partial charge in [-0.25, -0.2) is 0 Å². The van der Waals surface area contributed by atoms with E-state index in [1.165, 1.54) is 0 Å². The van der Waals surface area contributed by atoms with Gasteiger partial charge in [0.15, 0.2) is 5.43 Å². The molecule has 6 nitrogen and oxygen atoms in total. The first-order valence-corrected chi connectivity index (χ1v) is 9.10. The lowest BCUT2D eigenvalue weighted by Crippen LogP contribution is -2.29. The molecule has 0 unspecified atom stereocenters. The summed E-state index contributed by atoms with van der Waals surface area (Å²) in [7, 11) is 0. The molecule has 0 saturated heterocycles. The van der Waals surface area contributed by atoms with Crippen molar-refractivity contribution in [3.05, 3.63) is 61.5 Å². The van der Waals surface area contributed by atoms with Crippen LogP contribution in [0.4, 0.5) is 5.69 Å². The molecule has 1 aromatic heterocycles. The number of fused-ring (bicyclic) bond motifs is 1. The summed E-state index contributed by atoms with van der Waals surface area (Å²) >= 11 is 6.15. The van der Waals surface area contributed by atoms with Gasteiger partial charge >= 0.3 is 0 Å². The number of nitrogens with zero attached hydrogens (tertiary/aromatic N) is 1. The van der Waals surface area contributed by atoms with E-state index in [1.54, 1.807) is 18.2 Å². The Morgan fingerprint density at radius 1 is 1.31 bits per heavy atom. The molecular formula is C19H23ClN4O2. The zero-order valence-electron chi connectivity index (χ0n) is 15.2. The van der Waals surface area contributed by atoms with Gasteiger partial charge < -0.3 is 16.1 Å². The molecule has 3 N–H and O–H groups in total. The van der Waals surface area contributed by atoms with Crippen LogP contribution in [0, 0.1) is 13.8 Å². The lowest BCUT2D eigenvalue weighted by atomic mass is 10.1. The molecule has 1 aliphatic heterocycles. The van der Waals surface area contributed by atoms with Crippen molar-refractivity contribution in [3.63, 3.8) is 0 Å². The summed E-state index contributed by atoms with van der Waals surface area (Å²) < 4.78 is 1.93. The van der Waals surface area contributed by atoms with E-state index < -0.39 is 0 Å².